The van der Waals surface area contributed by atoms with E-state index in [1.807, 2.05) is 30.3 Å². The molecule has 120 valence electrons. The van der Waals surface area contributed by atoms with Gasteiger partial charge in [0.1, 0.15) is 11.4 Å². The van der Waals surface area contributed by atoms with Gasteiger partial charge in [0.25, 0.3) is 10.9 Å². The van der Waals surface area contributed by atoms with Crippen LogP contribution in [0.1, 0.15) is 25.8 Å². The average molecular weight is 312 g/mol. The van der Waals surface area contributed by atoms with Crippen molar-refractivity contribution in [1.29, 1.82) is 0 Å². The Morgan fingerprint density at radius 1 is 1.04 bits per heavy atom. The monoisotopic (exact) mass is 312 g/mol. The van der Waals surface area contributed by atoms with E-state index in [2.05, 4.69) is 10.6 Å². The van der Waals surface area contributed by atoms with Gasteiger partial charge in [0.2, 0.25) is 0 Å². The molecule has 2 aromatic rings. The Morgan fingerprint density at radius 3 is 2.30 bits per heavy atom. The summed E-state index contributed by atoms with van der Waals surface area (Å²) < 4.78 is 0. The minimum absolute atomic E-state index is 0.197. The fourth-order valence-electron chi connectivity index (χ4n) is 2.14. The Kier molecular flexibility index (Phi) is 5.36. The fraction of sp³-hybridized carbons (Fsp3) is 0.222. The van der Waals surface area contributed by atoms with Crippen molar-refractivity contribution in [1.82, 2.24) is 0 Å². The van der Waals surface area contributed by atoms with Gasteiger partial charge in [0.05, 0.1) is 5.76 Å². The molecule has 0 aromatic heterocycles. The number of anilines is 2. The lowest BCUT2D eigenvalue weighted by Crippen LogP contribution is -2.37. The number of aliphatic hydroxyl groups is 1. The van der Waals surface area contributed by atoms with Gasteiger partial charge < -0.3 is 15.7 Å². The second kappa shape index (κ2) is 7.45. The van der Waals surface area contributed by atoms with Gasteiger partial charge in [0, 0.05) is 18.7 Å². The number of hydrogen-bond donors (Lipinski definition) is 3. The standard InChI is InChI=1S/C18H20N2O3/c1-3-13(10-14(21)4-2)20-16-15(17(22)18(16)23)19-11-12-8-6-5-7-9-12/h3-9,19-21H,10-11H2,1-2H3/b13-3+,14-4+. The lowest BCUT2D eigenvalue weighted by Gasteiger charge is -2.16. The summed E-state index contributed by atoms with van der Waals surface area (Å²) in [5.74, 6) is 0.197. The molecule has 0 atom stereocenters. The van der Waals surface area contributed by atoms with Crippen LogP contribution in [0.25, 0.3) is 0 Å². The Hall–Kier alpha value is -2.82. The zero-order valence-electron chi connectivity index (χ0n) is 13.2. The highest BCUT2D eigenvalue weighted by Gasteiger charge is 2.21. The molecule has 2 rings (SSSR count). The molecule has 0 aliphatic rings. The van der Waals surface area contributed by atoms with Crippen molar-refractivity contribution in [2.45, 2.75) is 26.8 Å². The van der Waals surface area contributed by atoms with Crippen molar-refractivity contribution in [2.24, 2.45) is 0 Å². The Balaban J connectivity index is 2.10. The highest BCUT2D eigenvalue weighted by Crippen LogP contribution is 2.20. The molecule has 2 aromatic carbocycles. The Labute approximate surface area is 134 Å². The van der Waals surface area contributed by atoms with Crippen LogP contribution >= 0.6 is 0 Å². The van der Waals surface area contributed by atoms with Crippen LogP contribution in [0.4, 0.5) is 11.4 Å². The van der Waals surface area contributed by atoms with E-state index in [0.29, 0.717) is 12.2 Å². The van der Waals surface area contributed by atoms with Crippen molar-refractivity contribution in [3.05, 3.63) is 80.0 Å². The Morgan fingerprint density at radius 2 is 1.70 bits per heavy atom. The summed E-state index contributed by atoms with van der Waals surface area (Å²) in [6.07, 6.45) is 3.63. The van der Waals surface area contributed by atoms with Crippen LogP contribution in [0, 0.1) is 0 Å². The Bertz CT molecular complexity index is 797. The largest absolute Gasteiger partial charge is 0.512 e. The van der Waals surface area contributed by atoms with Gasteiger partial charge in [-0.25, -0.2) is 0 Å². The third kappa shape index (κ3) is 3.88. The first-order valence-corrected chi connectivity index (χ1v) is 7.44. The highest BCUT2D eigenvalue weighted by atomic mass is 16.3. The van der Waals surface area contributed by atoms with Crippen LogP contribution in [0.2, 0.25) is 0 Å². The van der Waals surface area contributed by atoms with Crippen LogP contribution in [-0.4, -0.2) is 5.11 Å². The molecule has 0 amide bonds. The van der Waals surface area contributed by atoms with Crippen LogP contribution in [0.5, 0.6) is 0 Å². The lowest BCUT2D eigenvalue weighted by molar-refractivity contribution is 0.397. The van der Waals surface area contributed by atoms with E-state index < -0.39 is 10.9 Å². The topological polar surface area (TPSA) is 78.4 Å². The number of hydrogen-bond acceptors (Lipinski definition) is 5. The summed E-state index contributed by atoms with van der Waals surface area (Å²) in [6, 6.07) is 9.62. The minimum atomic E-state index is -0.542. The van der Waals surface area contributed by atoms with E-state index in [1.54, 1.807) is 26.0 Å². The molecular formula is C18H20N2O3. The normalized spacial score (nSPS) is 12.4. The van der Waals surface area contributed by atoms with Gasteiger partial charge in [-0.15, -0.1) is 0 Å². The van der Waals surface area contributed by atoms with Crippen LogP contribution in [0.3, 0.4) is 0 Å². The third-order valence-electron chi connectivity index (χ3n) is 3.56. The maximum Gasteiger partial charge on any atom is 0.253 e. The van der Waals surface area contributed by atoms with Crippen molar-refractivity contribution >= 4 is 11.4 Å². The molecule has 0 fully saturated rings. The molecule has 5 nitrogen and oxygen atoms in total. The van der Waals surface area contributed by atoms with E-state index in [0.717, 1.165) is 5.56 Å². The molecule has 23 heavy (non-hydrogen) atoms. The fourth-order valence-corrected chi connectivity index (χ4v) is 2.14. The van der Waals surface area contributed by atoms with E-state index in [1.165, 1.54) is 0 Å². The van der Waals surface area contributed by atoms with Crippen molar-refractivity contribution in [2.75, 3.05) is 10.6 Å². The quantitative estimate of drug-likeness (QED) is 0.541. The van der Waals surface area contributed by atoms with Crippen LogP contribution in [0.15, 0.2) is 63.5 Å². The molecule has 5 heteroatoms. The zero-order valence-corrected chi connectivity index (χ0v) is 13.2. The van der Waals surface area contributed by atoms with Gasteiger partial charge >= 0.3 is 0 Å². The van der Waals surface area contributed by atoms with Gasteiger partial charge in [-0.3, -0.25) is 9.59 Å². The molecular weight excluding hydrogens is 292 g/mol. The SMILES string of the molecule is C/C=C(/O)C/C(=C\C)Nc1c(NCc2ccccc2)c(=O)c1=O. The summed E-state index contributed by atoms with van der Waals surface area (Å²) in [5.41, 5.74) is 1.16. The van der Waals surface area contributed by atoms with Crippen LogP contribution in [-0.2, 0) is 6.54 Å². The first-order valence-electron chi connectivity index (χ1n) is 7.44. The summed E-state index contributed by atoms with van der Waals surface area (Å²) in [5, 5.41) is 15.5. The molecule has 0 heterocycles. The zero-order chi connectivity index (χ0) is 16.8. The van der Waals surface area contributed by atoms with Crippen molar-refractivity contribution < 1.29 is 5.11 Å². The summed E-state index contributed by atoms with van der Waals surface area (Å²) in [4.78, 5) is 23.5. The number of rotatable bonds is 7. The van der Waals surface area contributed by atoms with Crippen molar-refractivity contribution in [3.63, 3.8) is 0 Å². The maximum atomic E-state index is 11.8. The first kappa shape index (κ1) is 16.5. The minimum Gasteiger partial charge on any atom is -0.512 e. The smallest absolute Gasteiger partial charge is 0.253 e. The molecule has 3 N–H and O–H groups in total. The number of aliphatic hydroxyl groups excluding tert-OH is 1. The van der Waals surface area contributed by atoms with Gasteiger partial charge in [0.15, 0.2) is 0 Å². The molecule has 0 saturated carbocycles. The van der Waals surface area contributed by atoms with Gasteiger partial charge in [-0.1, -0.05) is 36.4 Å². The summed E-state index contributed by atoms with van der Waals surface area (Å²) in [7, 11) is 0. The van der Waals surface area contributed by atoms with Gasteiger partial charge in [-0.2, -0.15) is 0 Å². The molecule has 0 aliphatic carbocycles. The van der Waals surface area contributed by atoms with E-state index in [9.17, 15) is 14.7 Å². The summed E-state index contributed by atoms with van der Waals surface area (Å²) in [6.45, 7) is 3.99. The van der Waals surface area contributed by atoms with E-state index in [-0.39, 0.29) is 23.6 Å². The molecule has 0 aliphatic heterocycles. The molecule has 0 bridgehead atoms. The van der Waals surface area contributed by atoms with Crippen LogP contribution < -0.4 is 21.5 Å². The summed E-state index contributed by atoms with van der Waals surface area (Å²) >= 11 is 0. The van der Waals surface area contributed by atoms with Gasteiger partial charge in [-0.05, 0) is 25.5 Å². The number of benzene rings is 1. The molecule has 0 saturated heterocycles. The number of nitrogens with one attached hydrogen (secondary N) is 2. The predicted molar refractivity (Wildman–Crippen MR) is 93.5 cm³/mol. The highest BCUT2D eigenvalue weighted by molar-refractivity contribution is 5.75. The van der Waals surface area contributed by atoms with E-state index in [4.69, 9.17) is 0 Å². The second-order valence-electron chi connectivity index (χ2n) is 5.14. The number of allylic oxidation sites excluding steroid dienone is 2. The lowest BCUT2D eigenvalue weighted by atomic mass is 10.1. The molecule has 0 unspecified atom stereocenters. The van der Waals surface area contributed by atoms with Crippen molar-refractivity contribution in [3.8, 4) is 0 Å². The van der Waals surface area contributed by atoms with E-state index >= 15 is 0 Å². The maximum absolute atomic E-state index is 11.8. The second-order valence-corrected chi connectivity index (χ2v) is 5.14. The third-order valence-corrected chi connectivity index (χ3v) is 3.56. The molecule has 0 radical (unpaired) electrons. The first-order chi connectivity index (χ1) is 11.1. The molecule has 0 spiro atoms. The predicted octanol–water partition coefficient (Wildman–Crippen LogP) is 3.06. The average Bonchev–Trinajstić information content (AvgIpc) is 2.60.